The van der Waals surface area contributed by atoms with Crippen molar-refractivity contribution >= 4 is 27.5 Å². The maximum absolute atomic E-state index is 13.2. The predicted molar refractivity (Wildman–Crippen MR) is 78.5 cm³/mol. The second-order valence-corrected chi connectivity index (χ2v) is 6.75. The Kier molecular flexibility index (Phi) is 4.29. The van der Waals surface area contributed by atoms with Crippen LogP contribution < -0.4 is 5.32 Å². The van der Waals surface area contributed by atoms with Gasteiger partial charge in [-0.05, 0) is 52.4 Å². The summed E-state index contributed by atoms with van der Waals surface area (Å²) in [4.78, 5) is 12.4. The Bertz CT molecular complexity index is 487. The van der Waals surface area contributed by atoms with E-state index in [2.05, 4.69) is 35.1 Å². The first-order chi connectivity index (χ1) is 8.90. The molecule has 2 rings (SSSR count). The van der Waals surface area contributed by atoms with Crippen LogP contribution in [0.5, 0.6) is 0 Å². The summed E-state index contributed by atoms with van der Waals surface area (Å²) in [6.45, 7) is 4.27. The summed E-state index contributed by atoms with van der Waals surface area (Å²) in [6, 6.07) is 4.32. The van der Waals surface area contributed by atoms with Crippen LogP contribution in [0.2, 0.25) is 0 Å². The summed E-state index contributed by atoms with van der Waals surface area (Å²) in [6.07, 6.45) is 4.24. The van der Waals surface area contributed by atoms with Gasteiger partial charge in [0.15, 0.2) is 0 Å². The highest BCUT2D eigenvalue weighted by Gasteiger charge is 2.37. The van der Waals surface area contributed by atoms with Crippen LogP contribution in [0.15, 0.2) is 22.7 Å². The summed E-state index contributed by atoms with van der Waals surface area (Å²) < 4.78 is 13.9. The quantitative estimate of drug-likeness (QED) is 0.834. The van der Waals surface area contributed by atoms with E-state index >= 15 is 0 Å². The van der Waals surface area contributed by atoms with Crippen LogP contribution in [0.25, 0.3) is 0 Å². The molecule has 0 heterocycles. The average molecular weight is 328 g/mol. The number of anilines is 1. The van der Waals surface area contributed by atoms with Crippen molar-refractivity contribution in [2.45, 2.75) is 39.5 Å². The second kappa shape index (κ2) is 5.61. The lowest BCUT2D eigenvalue weighted by Gasteiger charge is -2.37. The number of halogens is 2. The number of carbonyl (C=O) groups excluding carboxylic acids is 1. The van der Waals surface area contributed by atoms with Crippen LogP contribution in [-0.4, -0.2) is 5.91 Å². The highest BCUT2D eigenvalue weighted by Crippen LogP contribution is 2.41. The number of hydrogen-bond donors (Lipinski definition) is 1. The molecule has 1 atom stereocenters. The smallest absolute Gasteiger partial charge is 0.228 e. The van der Waals surface area contributed by atoms with Gasteiger partial charge in [0.2, 0.25) is 5.91 Å². The van der Waals surface area contributed by atoms with E-state index in [1.165, 1.54) is 18.6 Å². The monoisotopic (exact) mass is 327 g/mol. The van der Waals surface area contributed by atoms with Crippen molar-refractivity contribution in [1.29, 1.82) is 0 Å². The van der Waals surface area contributed by atoms with Gasteiger partial charge >= 0.3 is 0 Å². The molecule has 1 unspecified atom stereocenters. The van der Waals surface area contributed by atoms with E-state index in [0.717, 1.165) is 19.3 Å². The fourth-order valence-electron chi connectivity index (χ4n) is 2.79. The first-order valence-corrected chi connectivity index (χ1v) is 7.45. The predicted octanol–water partition coefficient (Wildman–Crippen LogP) is 4.74. The molecule has 1 saturated carbocycles. The molecular weight excluding hydrogens is 309 g/mol. The minimum Gasteiger partial charge on any atom is -0.325 e. The summed E-state index contributed by atoms with van der Waals surface area (Å²) in [5.74, 6) is -0.353. The summed E-state index contributed by atoms with van der Waals surface area (Å²) in [7, 11) is 0. The van der Waals surface area contributed by atoms with Gasteiger partial charge in [0.05, 0.1) is 5.69 Å². The highest BCUT2D eigenvalue weighted by molar-refractivity contribution is 9.10. The van der Waals surface area contributed by atoms with Crippen LogP contribution in [0.4, 0.5) is 10.1 Å². The number of benzene rings is 1. The Morgan fingerprint density at radius 1 is 1.42 bits per heavy atom. The third-order valence-corrected chi connectivity index (χ3v) is 4.70. The molecule has 0 bridgehead atoms. The molecule has 1 amide bonds. The summed E-state index contributed by atoms with van der Waals surface area (Å²) >= 11 is 3.33. The van der Waals surface area contributed by atoms with Gasteiger partial charge in [-0.15, -0.1) is 0 Å². The average Bonchev–Trinajstić information content (AvgIpc) is 2.33. The van der Waals surface area contributed by atoms with Gasteiger partial charge in [0.1, 0.15) is 5.82 Å². The van der Waals surface area contributed by atoms with Gasteiger partial charge in [-0.25, -0.2) is 4.39 Å². The molecule has 1 fully saturated rings. The maximum atomic E-state index is 13.2. The van der Waals surface area contributed by atoms with Crippen LogP contribution >= 0.6 is 15.9 Å². The Labute approximate surface area is 121 Å². The van der Waals surface area contributed by atoms with E-state index in [-0.39, 0.29) is 23.1 Å². The van der Waals surface area contributed by atoms with Crippen molar-refractivity contribution in [3.8, 4) is 0 Å². The Hall–Kier alpha value is -0.900. The molecule has 1 N–H and O–H groups in total. The molecule has 0 saturated heterocycles. The Balaban J connectivity index is 2.14. The molecule has 19 heavy (non-hydrogen) atoms. The molecule has 0 spiro atoms. The molecule has 1 aliphatic carbocycles. The second-order valence-electron chi connectivity index (χ2n) is 5.90. The van der Waals surface area contributed by atoms with Crippen LogP contribution in [-0.2, 0) is 4.79 Å². The molecule has 4 heteroatoms. The largest absolute Gasteiger partial charge is 0.325 e. The molecule has 0 aromatic heterocycles. The first kappa shape index (κ1) is 14.5. The molecule has 0 aliphatic heterocycles. The van der Waals surface area contributed by atoms with Gasteiger partial charge in [-0.3, -0.25) is 4.79 Å². The van der Waals surface area contributed by atoms with Gasteiger partial charge in [-0.2, -0.15) is 0 Å². The van der Waals surface area contributed by atoms with E-state index in [1.807, 2.05) is 0 Å². The summed E-state index contributed by atoms with van der Waals surface area (Å²) in [5, 5.41) is 2.85. The highest BCUT2D eigenvalue weighted by atomic mass is 79.9. The normalized spacial score (nSPS) is 22.0. The van der Waals surface area contributed by atoms with E-state index in [4.69, 9.17) is 0 Å². The van der Waals surface area contributed by atoms with E-state index in [0.29, 0.717) is 10.2 Å². The van der Waals surface area contributed by atoms with Crippen molar-refractivity contribution < 1.29 is 9.18 Å². The van der Waals surface area contributed by atoms with E-state index < -0.39 is 0 Å². The zero-order valence-electron chi connectivity index (χ0n) is 11.3. The van der Waals surface area contributed by atoms with Crippen molar-refractivity contribution in [3.63, 3.8) is 0 Å². The lowest BCUT2D eigenvalue weighted by Crippen LogP contribution is -2.37. The molecule has 1 aliphatic rings. The standard InChI is InChI=1S/C15H19BrFNO/c1-15(2)8-4-3-5-11(15)14(19)18-13-9-10(17)6-7-12(13)16/h6-7,9,11H,3-5,8H2,1-2H3,(H,18,19). The molecule has 0 radical (unpaired) electrons. The SMILES string of the molecule is CC1(C)CCCCC1C(=O)Nc1cc(F)ccc1Br. The fourth-order valence-corrected chi connectivity index (χ4v) is 3.14. The zero-order chi connectivity index (χ0) is 14.0. The summed E-state index contributed by atoms with van der Waals surface area (Å²) in [5.41, 5.74) is 0.522. The number of nitrogens with one attached hydrogen (secondary N) is 1. The van der Waals surface area contributed by atoms with Gasteiger partial charge in [0, 0.05) is 10.4 Å². The topological polar surface area (TPSA) is 29.1 Å². The van der Waals surface area contributed by atoms with Crippen molar-refractivity contribution in [3.05, 3.63) is 28.5 Å². The van der Waals surface area contributed by atoms with Crippen LogP contribution in [0.1, 0.15) is 39.5 Å². The number of hydrogen-bond acceptors (Lipinski definition) is 1. The minimum absolute atomic E-state index is 0.00332. The minimum atomic E-state index is -0.346. The van der Waals surface area contributed by atoms with Gasteiger partial charge in [-0.1, -0.05) is 26.7 Å². The first-order valence-electron chi connectivity index (χ1n) is 6.66. The van der Waals surface area contributed by atoms with Crippen LogP contribution in [0, 0.1) is 17.2 Å². The molecule has 2 nitrogen and oxygen atoms in total. The van der Waals surface area contributed by atoms with Gasteiger partial charge in [0.25, 0.3) is 0 Å². The van der Waals surface area contributed by atoms with E-state index in [9.17, 15) is 9.18 Å². The Morgan fingerprint density at radius 3 is 2.84 bits per heavy atom. The van der Waals surface area contributed by atoms with Gasteiger partial charge < -0.3 is 5.32 Å². The third-order valence-electron chi connectivity index (χ3n) is 4.01. The van der Waals surface area contributed by atoms with E-state index in [1.54, 1.807) is 6.07 Å². The molecule has 1 aromatic carbocycles. The fraction of sp³-hybridized carbons (Fsp3) is 0.533. The van der Waals surface area contributed by atoms with Crippen molar-refractivity contribution in [2.24, 2.45) is 11.3 Å². The third kappa shape index (κ3) is 3.35. The maximum Gasteiger partial charge on any atom is 0.228 e. The lowest BCUT2D eigenvalue weighted by atomic mass is 9.68. The van der Waals surface area contributed by atoms with Crippen molar-refractivity contribution in [1.82, 2.24) is 0 Å². The molecule has 1 aromatic rings. The van der Waals surface area contributed by atoms with Crippen molar-refractivity contribution in [2.75, 3.05) is 5.32 Å². The zero-order valence-corrected chi connectivity index (χ0v) is 12.9. The molecule has 104 valence electrons. The lowest BCUT2D eigenvalue weighted by molar-refractivity contribution is -0.124. The number of carbonyl (C=O) groups is 1. The van der Waals surface area contributed by atoms with Crippen LogP contribution in [0.3, 0.4) is 0 Å². The number of rotatable bonds is 2. The Morgan fingerprint density at radius 2 is 2.16 bits per heavy atom. The molecular formula is C15H19BrFNO. The number of amides is 1.